The first-order chi connectivity index (χ1) is 14.7. The number of fused-ring (bicyclic) bond motifs is 1. The second-order valence-electron chi connectivity index (χ2n) is 7.28. The molecule has 164 valence electrons. The zero-order valence-corrected chi connectivity index (χ0v) is 17.8. The second kappa shape index (κ2) is 9.13. The SMILES string of the molecule is CNc1ccc(C(=O)OCC(=O)Nc2sc3c(c2C(N)=O)CCC(C)C3)cc1[N+](=O)[O-]. The quantitative estimate of drug-likeness (QED) is 0.336. The molecule has 0 spiro atoms. The van der Waals surface area contributed by atoms with Crippen molar-refractivity contribution in [3.05, 3.63) is 49.9 Å². The summed E-state index contributed by atoms with van der Waals surface area (Å²) in [5.74, 6) is -1.65. The number of carbonyl (C=O) groups excluding carboxylic acids is 3. The number of carbonyl (C=O) groups is 3. The maximum Gasteiger partial charge on any atom is 0.338 e. The van der Waals surface area contributed by atoms with Crippen LogP contribution in [0.1, 0.15) is 44.5 Å². The van der Waals surface area contributed by atoms with Gasteiger partial charge in [-0.05, 0) is 42.9 Å². The van der Waals surface area contributed by atoms with Crippen LogP contribution in [0.5, 0.6) is 0 Å². The molecule has 1 aromatic heterocycles. The van der Waals surface area contributed by atoms with Crippen LogP contribution in [0.15, 0.2) is 18.2 Å². The number of thiophene rings is 1. The molecular formula is C20H22N4O6S. The molecule has 3 rings (SSSR count). The number of nitrogens with one attached hydrogen (secondary N) is 2. The van der Waals surface area contributed by atoms with Crippen LogP contribution in [0.3, 0.4) is 0 Å². The summed E-state index contributed by atoms with van der Waals surface area (Å²) < 4.78 is 4.98. The number of nitrogens with two attached hydrogens (primary N) is 1. The molecule has 0 aliphatic heterocycles. The number of anilines is 2. The Labute approximate surface area is 181 Å². The first kappa shape index (κ1) is 22.2. The smallest absolute Gasteiger partial charge is 0.338 e. The molecule has 1 aliphatic carbocycles. The molecule has 1 heterocycles. The zero-order chi connectivity index (χ0) is 22.7. The number of hydrogen-bond donors (Lipinski definition) is 3. The zero-order valence-electron chi connectivity index (χ0n) is 17.0. The largest absolute Gasteiger partial charge is 0.452 e. The number of ether oxygens (including phenoxy) is 1. The Hall–Kier alpha value is -3.47. The highest BCUT2D eigenvalue weighted by molar-refractivity contribution is 7.17. The molecule has 0 fully saturated rings. The number of benzene rings is 1. The molecule has 31 heavy (non-hydrogen) atoms. The topological polar surface area (TPSA) is 154 Å². The summed E-state index contributed by atoms with van der Waals surface area (Å²) in [5, 5.41) is 16.7. The Bertz CT molecular complexity index is 1060. The molecule has 11 heteroatoms. The number of nitro benzene ring substituents is 1. The van der Waals surface area contributed by atoms with Crippen LogP contribution in [0.25, 0.3) is 0 Å². The Kier molecular flexibility index (Phi) is 6.54. The van der Waals surface area contributed by atoms with E-state index in [-0.39, 0.29) is 16.9 Å². The maximum atomic E-state index is 12.3. The van der Waals surface area contributed by atoms with Gasteiger partial charge in [-0.1, -0.05) is 6.92 Å². The minimum atomic E-state index is -0.879. The van der Waals surface area contributed by atoms with Crippen molar-refractivity contribution in [1.29, 1.82) is 0 Å². The van der Waals surface area contributed by atoms with E-state index in [1.54, 1.807) is 0 Å². The summed E-state index contributed by atoms with van der Waals surface area (Å²) in [7, 11) is 1.52. The molecule has 1 unspecified atom stereocenters. The molecule has 0 bridgehead atoms. The molecular weight excluding hydrogens is 424 g/mol. The minimum Gasteiger partial charge on any atom is -0.452 e. The summed E-state index contributed by atoms with van der Waals surface area (Å²) in [4.78, 5) is 48.0. The molecule has 0 saturated carbocycles. The summed E-state index contributed by atoms with van der Waals surface area (Å²) >= 11 is 1.31. The monoisotopic (exact) mass is 446 g/mol. The van der Waals surface area contributed by atoms with Gasteiger partial charge in [-0.2, -0.15) is 0 Å². The van der Waals surface area contributed by atoms with Crippen LogP contribution in [0.4, 0.5) is 16.4 Å². The van der Waals surface area contributed by atoms with Crippen LogP contribution in [-0.4, -0.2) is 36.4 Å². The lowest BCUT2D eigenvalue weighted by molar-refractivity contribution is -0.384. The standard InChI is InChI=1S/C20H22N4O6S/c1-10-3-5-12-15(7-10)31-19(17(12)18(21)26)23-16(25)9-30-20(27)11-4-6-13(22-2)14(8-11)24(28)29/h4,6,8,10,22H,3,5,7,9H2,1-2H3,(H2,21,26)(H,23,25). The predicted molar refractivity (Wildman–Crippen MR) is 116 cm³/mol. The van der Waals surface area contributed by atoms with E-state index in [0.717, 1.165) is 35.8 Å². The van der Waals surface area contributed by atoms with Crippen LogP contribution in [-0.2, 0) is 22.4 Å². The van der Waals surface area contributed by atoms with Crippen molar-refractivity contribution in [3.8, 4) is 0 Å². The van der Waals surface area contributed by atoms with Crippen molar-refractivity contribution in [2.75, 3.05) is 24.3 Å². The van der Waals surface area contributed by atoms with E-state index in [0.29, 0.717) is 16.5 Å². The fourth-order valence-electron chi connectivity index (χ4n) is 3.50. The van der Waals surface area contributed by atoms with Crippen molar-refractivity contribution in [2.45, 2.75) is 26.2 Å². The average Bonchev–Trinajstić information content (AvgIpc) is 3.08. The lowest BCUT2D eigenvalue weighted by Crippen LogP contribution is -2.23. The summed E-state index contributed by atoms with van der Waals surface area (Å²) in [5.41, 5.74) is 6.61. The number of primary amides is 1. The molecule has 1 aromatic carbocycles. The van der Waals surface area contributed by atoms with Gasteiger partial charge in [0.1, 0.15) is 10.7 Å². The fraction of sp³-hybridized carbons (Fsp3) is 0.350. The number of amides is 2. The van der Waals surface area contributed by atoms with Gasteiger partial charge in [0.05, 0.1) is 16.1 Å². The normalized spacial score (nSPS) is 15.0. The average molecular weight is 446 g/mol. The molecule has 0 radical (unpaired) electrons. The predicted octanol–water partition coefficient (Wildman–Crippen LogP) is 2.72. The van der Waals surface area contributed by atoms with Gasteiger partial charge in [0.15, 0.2) is 6.61 Å². The first-order valence-electron chi connectivity index (χ1n) is 9.58. The maximum absolute atomic E-state index is 12.3. The molecule has 4 N–H and O–H groups in total. The number of esters is 1. The van der Waals surface area contributed by atoms with E-state index >= 15 is 0 Å². The number of rotatable bonds is 7. The van der Waals surface area contributed by atoms with Gasteiger partial charge < -0.3 is 21.1 Å². The Morgan fingerprint density at radius 3 is 2.74 bits per heavy atom. The third-order valence-electron chi connectivity index (χ3n) is 5.04. The lowest BCUT2D eigenvalue weighted by Gasteiger charge is -2.18. The lowest BCUT2D eigenvalue weighted by atomic mass is 9.88. The summed E-state index contributed by atoms with van der Waals surface area (Å²) in [6, 6.07) is 3.82. The van der Waals surface area contributed by atoms with Crippen molar-refractivity contribution >= 4 is 45.5 Å². The molecule has 2 amide bonds. The van der Waals surface area contributed by atoms with Crippen LogP contribution < -0.4 is 16.4 Å². The Balaban J connectivity index is 1.68. The van der Waals surface area contributed by atoms with Gasteiger partial charge in [-0.3, -0.25) is 19.7 Å². The van der Waals surface area contributed by atoms with E-state index in [2.05, 4.69) is 17.6 Å². The molecule has 1 atom stereocenters. The van der Waals surface area contributed by atoms with E-state index in [9.17, 15) is 24.5 Å². The molecule has 0 saturated heterocycles. The summed E-state index contributed by atoms with van der Waals surface area (Å²) in [6.07, 6.45) is 2.47. The fourth-order valence-corrected chi connectivity index (χ4v) is 4.93. The van der Waals surface area contributed by atoms with Gasteiger partial charge in [0, 0.05) is 18.0 Å². The van der Waals surface area contributed by atoms with Crippen molar-refractivity contribution < 1.29 is 24.0 Å². The Morgan fingerprint density at radius 2 is 2.10 bits per heavy atom. The summed E-state index contributed by atoms with van der Waals surface area (Å²) in [6.45, 7) is 1.51. The van der Waals surface area contributed by atoms with Crippen molar-refractivity contribution in [1.82, 2.24) is 0 Å². The second-order valence-corrected chi connectivity index (χ2v) is 8.39. The third kappa shape index (κ3) is 4.82. The van der Waals surface area contributed by atoms with Gasteiger partial charge in [-0.25, -0.2) is 4.79 Å². The third-order valence-corrected chi connectivity index (χ3v) is 6.21. The van der Waals surface area contributed by atoms with E-state index in [1.165, 1.54) is 30.5 Å². The van der Waals surface area contributed by atoms with Gasteiger partial charge in [0.25, 0.3) is 17.5 Å². The van der Waals surface area contributed by atoms with Gasteiger partial charge in [0.2, 0.25) is 0 Å². The van der Waals surface area contributed by atoms with Gasteiger partial charge in [-0.15, -0.1) is 11.3 Å². The molecule has 10 nitrogen and oxygen atoms in total. The highest BCUT2D eigenvalue weighted by Crippen LogP contribution is 2.39. The van der Waals surface area contributed by atoms with E-state index < -0.39 is 29.3 Å². The highest BCUT2D eigenvalue weighted by atomic mass is 32.1. The van der Waals surface area contributed by atoms with Crippen LogP contribution in [0, 0.1) is 16.0 Å². The number of nitro groups is 1. The van der Waals surface area contributed by atoms with Crippen LogP contribution in [0.2, 0.25) is 0 Å². The first-order valence-corrected chi connectivity index (χ1v) is 10.4. The van der Waals surface area contributed by atoms with Crippen molar-refractivity contribution in [3.63, 3.8) is 0 Å². The molecule has 1 aliphatic rings. The molecule has 2 aromatic rings. The number of hydrogen-bond acceptors (Lipinski definition) is 8. The van der Waals surface area contributed by atoms with Gasteiger partial charge >= 0.3 is 5.97 Å². The number of nitrogens with zero attached hydrogens (tertiary/aromatic N) is 1. The van der Waals surface area contributed by atoms with E-state index in [1.807, 2.05) is 0 Å². The van der Waals surface area contributed by atoms with E-state index in [4.69, 9.17) is 10.5 Å². The Morgan fingerprint density at radius 1 is 1.35 bits per heavy atom. The highest BCUT2D eigenvalue weighted by Gasteiger charge is 2.27. The van der Waals surface area contributed by atoms with Crippen molar-refractivity contribution in [2.24, 2.45) is 11.7 Å². The minimum absolute atomic E-state index is 0.0584. The van der Waals surface area contributed by atoms with Crippen LogP contribution >= 0.6 is 11.3 Å².